The lowest BCUT2D eigenvalue weighted by Crippen LogP contribution is -2.05. The van der Waals surface area contributed by atoms with E-state index in [2.05, 4.69) is 15.9 Å². The molecule has 0 aliphatic carbocycles. The second-order valence-corrected chi connectivity index (χ2v) is 4.97. The Bertz CT molecular complexity index is 610. The van der Waals surface area contributed by atoms with Gasteiger partial charge in [0.05, 0.1) is 5.56 Å². The maximum absolute atomic E-state index is 13.5. The Hall–Kier alpha value is -1.56. The summed E-state index contributed by atoms with van der Waals surface area (Å²) in [5, 5.41) is 0. The van der Waals surface area contributed by atoms with E-state index in [9.17, 15) is 17.6 Å². The van der Waals surface area contributed by atoms with Crippen LogP contribution in [0, 0.1) is 5.82 Å². The zero-order valence-corrected chi connectivity index (χ0v) is 11.6. The Morgan fingerprint density at radius 3 is 2.45 bits per heavy atom. The second-order valence-electron chi connectivity index (χ2n) is 4.05. The van der Waals surface area contributed by atoms with Gasteiger partial charge in [0.15, 0.2) is 0 Å². The van der Waals surface area contributed by atoms with Crippen LogP contribution in [0.4, 0.5) is 17.6 Å². The highest BCUT2D eigenvalue weighted by Crippen LogP contribution is 2.31. The van der Waals surface area contributed by atoms with E-state index < -0.39 is 17.6 Å². The summed E-state index contributed by atoms with van der Waals surface area (Å²) in [6, 6.07) is 8.89. The van der Waals surface area contributed by atoms with Gasteiger partial charge in [0.25, 0.3) is 0 Å². The van der Waals surface area contributed by atoms with Crippen LogP contribution in [0.2, 0.25) is 0 Å². The Morgan fingerprint density at radius 1 is 1.05 bits per heavy atom. The first-order chi connectivity index (χ1) is 9.36. The van der Waals surface area contributed by atoms with E-state index in [1.807, 2.05) is 0 Å². The van der Waals surface area contributed by atoms with Crippen molar-refractivity contribution in [1.29, 1.82) is 0 Å². The molecule has 0 spiro atoms. The quantitative estimate of drug-likeness (QED) is 0.694. The molecule has 0 radical (unpaired) electrons. The third-order valence-electron chi connectivity index (χ3n) is 2.57. The molecule has 2 aromatic rings. The summed E-state index contributed by atoms with van der Waals surface area (Å²) < 4.78 is 56.9. The minimum Gasteiger partial charge on any atom is -0.489 e. The van der Waals surface area contributed by atoms with Crippen LogP contribution < -0.4 is 4.74 Å². The lowest BCUT2D eigenvalue weighted by Gasteiger charge is -2.10. The molecule has 0 atom stereocenters. The van der Waals surface area contributed by atoms with Crippen LogP contribution in [0.3, 0.4) is 0 Å². The molecular weight excluding hydrogens is 340 g/mol. The average molecular weight is 349 g/mol. The molecule has 0 N–H and O–H groups in total. The van der Waals surface area contributed by atoms with Crippen molar-refractivity contribution in [3.05, 3.63) is 63.9 Å². The molecule has 0 fully saturated rings. The normalized spacial score (nSPS) is 11.4. The van der Waals surface area contributed by atoms with Crippen LogP contribution >= 0.6 is 15.9 Å². The van der Waals surface area contributed by atoms with Gasteiger partial charge in [-0.1, -0.05) is 28.1 Å². The molecule has 0 saturated carbocycles. The summed E-state index contributed by atoms with van der Waals surface area (Å²) in [7, 11) is 0. The van der Waals surface area contributed by atoms with Crippen LogP contribution in [0.15, 0.2) is 46.9 Å². The number of alkyl halides is 3. The summed E-state index contributed by atoms with van der Waals surface area (Å²) in [5.74, 6) is -0.437. The Labute approximate surface area is 121 Å². The van der Waals surface area contributed by atoms with Crippen LogP contribution in [0.25, 0.3) is 0 Å². The fraction of sp³-hybridized carbons (Fsp3) is 0.143. The van der Waals surface area contributed by atoms with E-state index in [1.165, 1.54) is 24.3 Å². The molecule has 106 valence electrons. The van der Waals surface area contributed by atoms with Crippen molar-refractivity contribution >= 4 is 15.9 Å². The van der Waals surface area contributed by atoms with Gasteiger partial charge in [0.1, 0.15) is 18.2 Å². The van der Waals surface area contributed by atoms with E-state index >= 15 is 0 Å². The Kier molecular flexibility index (Phi) is 4.32. The lowest BCUT2D eigenvalue weighted by molar-refractivity contribution is -0.137. The van der Waals surface area contributed by atoms with Gasteiger partial charge in [0.2, 0.25) is 0 Å². The minimum atomic E-state index is -4.43. The van der Waals surface area contributed by atoms with Crippen LogP contribution in [-0.4, -0.2) is 0 Å². The molecular formula is C14H9BrF4O. The van der Waals surface area contributed by atoms with Crippen molar-refractivity contribution in [3.8, 4) is 5.75 Å². The SMILES string of the molecule is Fc1cc(Br)ccc1COc1cccc(C(F)(F)F)c1. The van der Waals surface area contributed by atoms with E-state index in [1.54, 1.807) is 6.07 Å². The van der Waals surface area contributed by atoms with Crippen molar-refractivity contribution in [3.63, 3.8) is 0 Å². The number of hydrogen-bond acceptors (Lipinski definition) is 1. The van der Waals surface area contributed by atoms with E-state index in [-0.39, 0.29) is 17.9 Å². The van der Waals surface area contributed by atoms with Gasteiger partial charge >= 0.3 is 6.18 Å². The number of ether oxygens (including phenoxy) is 1. The van der Waals surface area contributed by atoms with Gasteiger partial charge in [-0.3, -0.25) is 0 Å². The summed E-state index contributed by atoms with van der Waals surface area (Å²) >= 11 is 3.12. The first-order valence-corrected chi connectivity index (χ1v) is 6.39. The first kappa shape index (κ1) is 14.8. The predicted octanol–water partition coefficient (Wildman–Crippen LogP) is 5.19. The van der Waals surface area contributed by atoms with Gasteiger partial charge in [-0.2, -0.15) is 13.2 Å². The molecule has 2 aromatic carbocycles. The fourth-order valence-electron chi connectivity index (χ4n) is 1.56. The monoisotopic (exact) mass is 348 g/mol. The summed E-state index contributed by atoms with van der Waals surface area (Å²) in [5.41, 5.74) is -0.531. The standard InChI is InChI=1S/C14H9BrF4O/c15-11-5-4-9(13(16)7-11)8-20-12-3-1-2-10(6-12)14(17,18)19/h1-7H,8H2. The van der Waals surface area contributed by atoms with Crippen molar-refractivity contribution in [2.45, 2.75) is 12.8 Å². The molecule has 0 aromatic heterocycles. The molecule has 20 heavy (non-hydrogen) atoms. The largest absolute Gasteiger partial charge is 0.489 e. The number of halogens is 5. The predicted molar refractivity (Wildman–Crippen MR) is 69.9 cm³/mol. The van der Waals surface area contributed by atoms with E-state index in [0.29, 0.717) is 4.47 Å². The molecule has 0 aliphatic rings. The summed E-state index contributed by atoms with van der Waals surface area (Å²) in [6.45, 7) is -0.138. The zero-order valence-electron chi connectivity index (χ0n) is 10.0. The number of rotatable bonds is 3. The second kappa shape index (κ2) is 5.83. The molecule has 6 heteroatoms. The average Bonchev–Trinajstić information content (AvgIpc) is 2.37. The van der Waals surface area contributed by atoms with E-state index in [4.69, 9.17) is 4.74 Å². The fourth-order valence-corrected chi connectivity index (χ4v) is 1.90. The maximum Gasteiger partial charge on any atom is 0.416 e. The van der Waals surface area contributed by atoms with Crippen LogP contribution in [-0.2, 0) is 12.8 Å². The number of hydrogen-bond donors (Lipinski definition) is 0. The lowest BCUT2D eigenvalue weighted by atomic mass is 10.2. The molecule has 0 saturated heterocycles. The van der Waals surface area contributed by atoms with Crippen molar-refractivity contribution in [2.24, 2.45) is 0 Å². The first-order valence-electron chi connectivity index (χ1n) is 5.60. The van der Waals surface area contributed by atoms with Gasteiger partial charge in [-0.25, -0.2) is 4.39 Å². The maximum atomic E-state index is 13.5. The van der Waals surface area contributed by atoms with Crippen molar-refractivity contribution in [2.75, 3.05) is 0 Å². The molecule has 1 nitrogen and oxygen atoms in total. The topological polar surface area (TPSA) is 9.23 Å². The van der Waals surface area contributed by atoms with Crippen molar-refractivity contribution < 1.29 is 22.3 Å². The molecule has 0 unspecified atom stereocenters. The molecule has 0 bridgehead atoms. The smallest absolute Gasteiger partial charge is 0.416 e. The van der Waals surface area contributed by atoms with Gasteiger partial charge in [0, 0.05) is 10.0 Å². The highest BCUT2D eigenvalue weighted by atomic mass is 79.9. The van der Waals surface area contributed by atoms with E-state index in [0.717, 1.165) is 12.1 Å². The molecule has 0 heterocycles. The minimum absolute atomic E-state index is 0.0437. The van der Waals surface area contributed by atoms with Crippen LogP contribution in [0.1, 0.15) is 11.1 Å². The van der Waals surface area contributed by atoms with Gasteiger partial charge < -0.3 is 4.74 Å². The summed E-state index contributed by atoms with van der Waals surface area (Å²) in [6.07, 6.45) is -4.43. The third-order valence-corrected chi connectivity index (χ3v) is 3.06. The summed E-state index contributed by atoms with van der Waals surface area (Å²) in [4.78, 5) is 0. The van der Waals surface area contributed by atoms with Crippen LogP contribution in [0.5, 0.6) is 5.75 Å². The highest BCUT2D eigenvalue weighted by molar-refractivity contribution is 9.10. The zero-order chi connectivity index (χ0) is 14.8. The number of benzene rings is 2. The highest BCUT2D eigenvalue weighted by Gasteiger charge is 2.30. The Morgan fingerprint density at radius 2 is 1.80 bits per heavy atom. The Balaban J connectivity index is 2.11. The molecule has 0 amide bonds. The molecule has 2 rings (SSSR count). The van der Waals surface area contributed by atoms with Gasteiger partial charge in [-0.05, 0) is 30.3 Å². The third kappa shape index (κ3) is 3.72. The van der Waals surface area contributed by atoms with Crippen molar-refractivity contribution in [1.82, 2.24) is 0 Å². The molecule has 0 aliphatic heterocycles. The van der Waals surface area contributed by atoms with Gasteiger partial charge in [-0.15, -0.1) is 0 Å².